The van der Waals surface area contributed by atoms with Crippen LogP contribution < -0.4 is 5.32 Å². The van der Waals surface area contributed by atoms with Crippen LogP contribution in [-0.4, -0.2) is 42.6 Å². The molecule has 0 aromatic carbocycles. The predicted molar refractivity (Wildman–Crippen MR) is 78.4 cm³/mol. The molecule has 1 aliphatic rings. The van der Waals surface area contributed by atoms with Gasteiger partial charge in [-0.2, -0.15) is 0 Å². The van der Waals surface area contributed by atoms with Crippen LogP contribution in [0.2, 0.25) is 0 Å². The first kappa shape index (κ1) is 14.8. The fourth-order valence-electron chi connectivity index (χ4n) is 2.68. The highest BCUT2D eigenvalue weighted by atomic mass is 16.5. The van der Waals surface area contributed by atoms with Crippen LogP contribution in [0.25, 0.3) is 0 Å². The van der Waals surface area contributed by atoms with Gasteiger partial charge in [0, 0.05) is 31.9 Å². The summed E-state index contributed by atoms with van der Waals surface area (Å²) in [5.74, 6) is 0.862. The minimum absolute atomic E-state index is 0.0124. The molecular formula is C15H23N3O2. The van der Waals surface area contributed by atoms with E-state index in [1.165, 1.54) is 5.56 Å². The van der Waals surface area contributed by atoms with Crippen LogP contribution in [0, 0.1) is 5.92 Å². The van der Waals surface area contributed by atoms with E-state index in [0.717, 1.165) is 38.3 Å². The smallest absolute Gasteiger partial charge is 0.310 e. The second kappa shape index (κ2) is 7.24. The topological polar surface area (TPSA) is 54.5 Å². The number of esters is 1. The molecule has 0 amide bonds. The van der Waals surface area contributed by atoms with E-state index in [-0.39, 0.29) is 11.9 Å². The Hall–Kier alpha value is -1.62. The maximum atomic E-state index is 11.8. The van der Waals surface area contributed by atoms with Crippen molar-refractivity contribution in [3.8, 4) is 0 Å². The summed E-state index contributed by atoms with van der Waals surface area (Å²) in [7, 11) is 1.88. The zero-order chi connectivity index (χ0) is 14.4. The van der Waals surface area contributed by atoms with Gasteiger partial charge in [-0.15, -0.1) is 0 Å². The number of aromatic nitrogens is 1. The van der Waals surface area contributed by atoms with Crippen molar-refractivity contribution in [1.29, 1.82) is 0 Å². The Morgan fingerprint density at radius 1 is 1.60 bits per heavy atom. The summed E-state index contributed by atoms with van der Waals surface area (Å²) in [6.07, 6.45) is 3.76. The van der Waals surface area contributed by atoms with Gasteiger partial charge in [0.15, 0.2) is 0 Å². The number of hydrogen-bond acceptors (Lipinski definition) is 5. The van der Waals surface area contributed by atoms with Gasteiger partial charge in [0.25, 0.3) is 0 Å². The molecule has 1 atom stereocenters. The number of carbonyl (C=O) groups excluding carboxylic acids is 1. The molecule has 0 spiro atoms. The Morgan fingerprint density at radius 2 is 2.45 bits per heavy atom. The number of ether oxygens (including phenoxy) is 1. The lowest BCUT2D eigenvalue weighted by Gasteiger charge is -2.31. The molecule has 1 aliphatic heterocycles. The second-order valence-electron chi connectivity index (χ2n) is 5.09. The zero-order valence-electron chi connectivity index (χ0n) is 12.3. The molecule has 0 bridgehead atoms. The molecule has 1 aromatic heterocycles. The first-order valence-corrected chi connectivity index (χ1v) is 7.25. The van der Waals surface area contributed by atoms with Crippen LogP contribution in [0.15, 0.2) is 18.3 Å². The number of rotatable bonds is 5. The number of nitrogens with one attached hydrogen (secondary N) is 1. The number of anilines is 1. The number of likely N-dealkylation sites (tertiary alicyclic amines) is 1. The Balaban J connectivity index is 1.97. The van der Waals surface area contributed by atoms with Gasteiger partial charge in [-0.25, -0.2) is 4.98 Å². The molecule has 1 N–H and O–H groups in total. The lowest BCUT2D eigenvalue weighted by molar-refractivity contribution is -0.150. The molecule has 0 radical (unpaired) electrons. The van der Waals surface area contributed by atoms with Crippen LogP contribution in [0.4, 0.5) is 5.82 Å². The maximum Gasteiger partial charge on any atom is 0.310 e. The molecule has 0 saturated carbocycles. The third-order valence-electron chi connectivity index (χ3n) is 3.65. The van der Waals surface area contributed by atoms with Crippen molar-refractivity contribution in [3.05, 3.63) is 23.9 Å². The fourth-order valence-corrected chi connectivity index (χ4v) is 2.68. The van der Waals surface area contributed by atoms with E-state index in [4.69, 9.17) is 4.74 Å². The molecule has 1 unspecified atom stereocenters. The van der Waals surface area contributed by atoms with Crippen LogP contribution in [0.1, 0.15) is 25.3 Å². The van der Waals surface area contributed by atoms with E-state index < -0.39 is 0 Å². The number of piperidine rings is 1. The van der Waals surface area contributed by atoms with Gasteiger partial charge in [0.05, 0.1) is 12.5 Å². The quantitative estimate of drug-likeness (QED) is 0.833. The highest BCUT2D eigenvalue weighted by Gasteiger charge is 2.27. The van der Waals surface area contributed by atoms with Crippen LogP contribution in [0.5, 0.6) is 0 Å². The molecule has 1 aromatic rings. The van der Waals surface area contributed by atoms with Crippen molar-refractivity contribution >= 4 is 11.8 Å². The fraction of sp³-hybridized carbons (Fsp3) is 0.600. The van der Waals surface area contributed by atoms with Gasteiger partial charge in [-0.3, -0.25) is 9.69 Å². The predicted octanol–water partition coefficient (Wildman–Crippen LogP) is 1.90. The van der Waals surface area contributed by atoms with Gasteiger partial charge in [-0.1, -0.05) is 6.07 Å². The van der Waals surface area contributed by atoms with E-state index in [1.807, 2.05) is 20.0 Å². The molecule has 110 valence electrons. The average molecular weight is 277 g/mol. The molecule has 1 saturated heterocycles. The number of pyridine rings is 1. The summed E-state index contributed by atoms with van der Waals surface area (Å²) in [6.45, 7) is 4.93. The normalized spacial score (nSPS) is 19.6. The molecule has 5 nitrogen and oxygen atoms in total. The summed E-state index contributed by atoms with van der Waals surface area (Å²) >= 11 is 0. The third-order valence-corrected chi connectivity index (χ3v) is 3.65. The van der Waals surface area contributed by atoms with E-state index in [2.05, 4.69) is 21.3 Å². The van der Waals surface area contributed by atoms with Crippen LogP contribution in [0.3, 0.4) is 0 Å². The van der Waals surface area contributed by atoms with E-state index in [1.54, 1.807) is 6.20 Å². The number of carbonyl (C=O) groups is 1. The van der Waals surface area contributed by atoms with Gasteiger partial charge >= 0.3 is 5.97 Å². The molecule has 2 heterocycles. The Bertz CT molecular complexity index is 450. The molecule has 0 aliphatic carbocycles. The molecule has 2 rings (SSSR count). The average Bonchev–Trinajstić information content (AvgIpc) is 2.48. The summed E-state index contributed by atoms with van der Waals surface area (Å²) in [6, 6.07) is 4.02. The SMILES string of the molecule is CCOC(=O)C1CCCN(Cc2cccnc2NC)C1. The van der Waals surface area contributed by atoms with Crippen molar-refractivity contribution in [1.82, 2.24) is 9.88 Å². The number of nitrogens with zero attached hydrogens (tertiary/aromatic N) is 2. The highest BCUT2D eigenvalue weighted by molar-refractivity contribution is 5.72. The first-order chi connectivity index (χ1) is 9.74. The maximum absolute atomic E-state index is 11.8. The standard InChI is InChI=1S/C15H23N3O2/c1-3-20-15(19)13-7-5-9-18(11-13)10-12-6-4-8-17-14(12)16-2/h4,6,8,13H,3,5,7,9-11H2,1-2H3,(H,16,17). The van der Waals surface area contributed by atoms with Crippen LogP contribution in [-0.2, 0) is 16.1 Å². The Labute approximate surface area is 120 Å². The van der Waals surface area contributed by atoms with Crippen LogP contribution >= 0.6 is 0 Å². The monoisotopic (exact) mass is 277 g/mol. The second-order valence-corrected chi connectivity index (χ2v) is 5.09. The molecule has 1 fully saturated rings. The van der Waals surface area contributed by atoms with Crippen molar-refractivity contribution in [2.45, 2.75) is 26.3 Å². The van der Waals surface area contributed by atoms with Crippen molar-refractivity contribution in [2.24, 2.45) is 5.92 Å². The summed E-state index contributed by atoms with van der Waals surface area (Å²) < 4.78 is 5.13. The lowest BCUT2D eigenvalue weighted by Crippen LogP contribution is -2.39. The van der Waals surface area contributed by atoms with Crippen molar-refractivity contribution < 1.29 is 9.53 Å². The first-order valence-electron chi connectivity index (χ1n) is 7.25. The molecule has 5 heteroatoms. The summed E-state index contributed by atoms with van der Waals surface area (Å²) in [5, 5.41) is 3.11. The Morgan fingerprint density at radius 3 is 3.20 bits per heavy atom. The zero-order valence-corrected chi connectivity index (χ0v) is 12.3. The summed E-state index contributed by atoms with van der Waals surface area (Å²) in [5.41, 5.74) is 1.17. The largest absolute Gasteiger partial charge is 0.466 e. The van der Waals surface area contributed by atoms with Gasteiger partial charge < -0.3 is 10.1 Å². The van der Waals surface area contributed by atoms with Gasteiger partial charge in [0.2, 0.25) is 0 Å². The van der Waals surface area contributed by atoms with Gasteiger partial charge in [0.1, 0.15) is 5.82 Å². The Kier molecular flexibility index (Phi) is 5.35. The number of hydrogen-bond donors (Lipinski definition) is 1. The highest BCUT2D eigenvalue weighted by Crippen LogP contribution is 2.21. The summed E-state index contributed by atoms with van der Waals surface area (Å²) in [4.78, 5) is 18.5. The minimum Gasteiger partial charge on any atom is -0.466 e. The van der Waals surface area contributed by atoms with E-state index in [9.17, 15) is 4.79 Å². The van der Waals surface area contributed by atoms with Crippen molar-refractivity contribution in [2.75, 3.05) is 32.1 Å². The van der Waals surface area contributed by atoms with E-state index in [0.29, 0.717) is 6.61 Å². The van der Waals surface area contributed by atoms with Gasteiger partial charge in [-0.05, 0) is 32.4 Å². The van der Waals surface area contributed by atoms with E-state index >= 15 is 0 Å². The molecule has 20 heavy (non-hydrogen) atoms. The minimum atomic E-state index is -0.0581. The van der Waals surface area contributed by atoms with Crippen molar-refractivity contribution in [3.63, 3.8) is 0 Å². The lowest BCUT2D eigenvalue weighted by atomic mass is 9.98. The molecular weight excluding hydrogens is 254 g/mol. The third kappa shape index (κ3) is 3.70.